The Labute approximate surface area is 144 Å². The lowest BCUT2D eigenvalue weighted by molar-refractivity contribution is -0.142. The Kier molecular flexibility index (Phi) is 6.40. The van der Waals surface area contributed by atoms with Crippen LogP contribution in [0.25, 0.3) is 6.08 Å². The van der Waals surface area contributed by atoms with Crippen molar-refractivity contribution in [3.63, 3.8) is 0 Å². The highest BCUT2D eigenvalue weighted by atomic mass is 35.5. The summed E-state index contributed by atoms with van der Waals surface area (Å²) in [6.45, 7) is -0.396. The molecular weight excluding hydrogens is 330 g/mol. The number of methoxy groups -OCH3 is 1. The van der Waals surface area contributed by atoms with E-state index in [4.69, 9.17) is 21.1 Å². The van der Waals surface area contributed by atoms with E-state index < -0.39 is 18.5 Å². The summed E-state index contributed by atoms with van der Waals surface area (Å²) >= 11 is 5.93. The molecule has 5 nitrogen and oxygen atoms in total. The molecule has 0 spiro atoms. The van der Waals surface area contributed by atoms with Gasteiger partial charge in [0.2, 0.25) is 0 Å². The van der Waals surface area contributed by atoms with Gasteiger partial charge in [-0.1, -0.05) is 35.9 Å². The number of nitrogens with one attached hydrogen (secondary N) is 1. The summed E-state index contributed by atoms with van der Waals surface area (Å²) in [5.41, 5.74) is 1.25. The molecule has 0 heterocycles. The van der Waals surface area contributed by atoms with E-state index in [1.807, 2.05) is 6.07 Å². The Morgan fingerprint density at radius 2 is 1.96 bits per heavy atom. The maximum atomic E-state index is 11.7. The van der Waals surface area contributed by atoms with Gasteiger partial charge in [-0.15, -0.1) is 0 Å². The molecule has 2 aromatic carbocycles. The summed E-state index contributed by atoms with van der Waals surface area (Å²) in [6.07, 6.45) is 2.83. The number of ether oxygens (including phenoxy) is 2. The number of carbonyl (C=O) groups excluding carboxylic acids is 2. The third kappa shape index (κ3) is 5.44. The number of anilines is 1. The summed E-state index contributed by atoms with van der Waals surface area (Å²) in [7, 11) is 1.56. The quantitative estimate of drug-likeness (QED) is 0.642. The Morgan fingerprint density at radius 1 is 1.17 bits per heavy atom. The van der Waals surface area contributed by atoms with E-state index in [1.54, 1.807) is 55.7 Å². The second-order valence-corrected chi connectivity index (χ2v) is 5.15. The van der Waals surface area contributed by atoms with Gasteiger partial charge < -0.3 is 14.8 Å². The normalized spacial score (nSPS) is 10.4. The number of hydrogen-bond acceptors (Lipinski definition) is 4. The molecule has 0 atom stereocenters. The van der Waals surface area contributed by atoms with Crippen molar-refractivity contribution in [2.75, 3.05) is 19.0 Å². The molecule has 0 aromatic heterocycles. The van der Waals surface area contributed by atoms with Crippen molar-refractivity contribution in [2.24, 2.45) is 0 Å². The van der Waals surface area contributed by atoms with Gasteiger partial charge in [-0.05, 0) is 35.9 Å². The summed E-state index contributed by atoms with van der Waals surface area (Å²) in [5.74, 6) is -0.400. The number of amides is 1. The van der Waals surface area contributed by atoms with Crippen LogP contribution in [0.4, 0.5) is 5.69 Å². The molecule has 0 unspecified atom stereocenters. The van der Waals surface area contributed by atoms with Crippen molar-refractivity contribution in [3.05, 3.63) is 65.2 Å². The predicted octanol–water partition coefficient (Wildman–Crippen LogP) is 3.54. The molecule has 6 heteroatoms. The standard InChI is InChI=1S/C18H16ClNO4/c1-23-14-6-4-5-13(11-14)9-10-18(22)24-12-17(21)20-16-8-3-2-7-15(16)19/h2-11H,12H2,1H3,(H,20,21)/b10-9+. The van der Waals surface area contributed by atoms with Gasteiger partial charge in [0.15, 0.2) is 6.61 Å². The molecule has 1 N–H and O–H groups in total. The lowest BCUT2D eigenvalue weighted by Crippen LogP contribution is -2.20. The van der Waals surface area contributed by atoms with Crippen molar-refractivity contribution < 1.29 is 19.1 Å². The lowest BCUT2D eigenvalue weighted by atomic mass is 10.2. The zero-order valence-corrected chi connectivity index (χ0v) is 13.7. The minimum atomic E-state index is -0.618. The van der Waals surface area contributed by atoms with Gasteiger partial charge in [0, 0.05) is 6.08 Å². The molecule has 0 saturated carbocycles. The van der Waals surface area contributed by atoms with E-state index in [2.05, 4.69) is 5.32 Å². The van der Waals surface area contributed by atoms with E-state index in [1.165, 1.54) is 6.08 Å². The molecular formula is C18H16ClNO4. The fourth-order valence-corrected chi connectivity index (χ4v) is 2.03. The van der Waals surface area contributed by atoms with E-state index in [0.29, 0.717) is 16.5 Å². The molecule has 0 aliphatic heterocycles. The number of rotatable bonds is 6. The summed E-state index contributed by atoms with van der Waals surface area (Å²) in [4.78, 5) is 23.4. The fraction of sp³-hybridized carbons (Fsp3) is 0.111. The van der Waals surface area contributed by atoms with Crippen LogP contribution in [-0.2, 0) is 14.3 Å². The Morgan fingerprint density at radius 3 is 2.71 bits per heavy atom. The Balaban J connectivity index is 1.83. The molecule has 0 bridgehead atoms. The molecule has 0 fully saturated rings. The van der Waals surface area contributed by atoms with Crippen molar-refractivity contribution >= 4 is 35.2 Å². The van der Waals surface area contributed by atoms with Gasteiger partial charge in [0.05, 0.1) is 17.8 Å². The SMILES string of the molecule is COc1cccc(/C=C/C(=O)OCC(=O)Nc2ccccc2Cl)c1. The summed E-state index contributed by atoms with van der Waals surface area (Å²) in [6, 6.07) is 14.0. The van der Waals surface area contributed by atoms with Gasteiger partial charge in [0.1, 0.15) is 5.75 Å². The van der Waals surface area contributed by atoms with Crippen LogP contribution in [0, 0.1) is 0 Å². The first-order valence-corrected chi connectivity index (χ1v) is 7.49. The number of esters is 1. The van der Waals surface area contributed by atoms with Crippen LogP contribution in [0.5, 0.6) is 5.75 Å². The van der Waals surface area contributed by atoms with E-state index in [0.717, 1.165) is 5.56 Å². The van der Waals surface area contributed by atoms with Gasteiger partial charge in [-0.25, -0.2) is 4.79 Å². The van der Waals surface area contributed by atoms with Crippen LogP contribution in [-0.4, -0.2) is 25.6 Å². The largest absolute Gasteiger partial charge is 0.497 e. The summed E-state index contributed by atoms with van der Waals surface area (Å²) in [5, 5.41) is 2.98. The van der Waals surface area contributed by atoms with Crippen LogP contribution in [0.3, 0.4) is 0 Å². The molecule has 2 rings (SSSR count). The maximum absolute atomic E-state index is 11.7. The Bertz CT molecular complexity index is 758. The smallest absolute Gasteiger partial charge is 0.331 e. The number of hydrogen-bond donors (Lipinski definition) is 1. The van der Waals surface area contributed by atoms with E-state index in [9.17, 15) is 9.59 Å². The van der Waals surface area contributed by atoms with Crippen molar-refractivity contribution in [1.29, 1.82) is 0 Å². The first kappa shape index (κ1) is 17.6. The van der Waals surface area contributed by atoms with Gasteiger partial charge >= 0.3 is 5.97 Å². The monoisotopic (exact) mass is 345 g/mol. The van der Waals surface area contributed by atoms with Crippen LogP contribution < -0.4 is 10.1 Å². The first-order chi connectivity index (χ1) is 11.6. The molecule has 0 radical (unpaired) electrons. The minimum absolute atomic E-state index is 0.396. The number of benzene rings is 2. The second kappa shape index (κ2) is 8.74. The zero-order valence-electron chi connectivity index (χ0n) is 13.0. The number of carbonyl (C=O) groups is 2. The highest BCUT2D eigenvalue weighted by Gasteiger charge is 2.07. The predicted molar refractivity (Wildman–Crippen MR) is 93.1 cm³/mol. The van der Waals surface area contributed by atoms with Crippen LogP contribution in [0.2, 0.25) is 5.02 Å². The third-order valence-corrected chi connectivity index (χ3v) is 3.33. The number of para-hydroxylation sites is 1. The average Bonchev–Trinajstić information content (AvgIpc) is 2.60. The van der Waals surface area contributed by atoms with Crippen LogP contribution >= 0.6 is 11.6 Å². The topological polar surface area (TPSA) is 64.6 Å². The third-order valence-electron chi connectivity index (χ3n) is 3.00. The molecule has 24 heavy (non-hydrogen) atoms. The van der Waals surface area contributed by atoms with Crippen molar-refractivity contribution in [1.82, 2.24) is 0 Å². The first-order valence-electron chi connectivity index (χ1n) is 7.12. The molecule has 1 amide bonds. The lowest BCUT2D eigenvalue weighted by Gasteiger charge is -2.06. The van der Waals surface area contributed by atoms with Crippen molar-refractivity contribution in [2.45, 2.75) is 0 Å². The van der Waals surface area contributed by atoms with Gasteiger partial charge in [-0.3, -0.25) is 4.79 Å². The Hall–Kier alpha value is -2.79. The second-order valence-electron chi connectivity index (χ2n) is 4.75. The van der Waals surface area contributed by atoms with Crippen LogP contribution in [0.15, 0.2) is 54.6 Å². The average molecular weight is 346 g/mol. The van der Waals surface area contributed by atoms with E-state index >= 15 is 0 Å². The highest BCUT2D eigenvalue weighted by molar-refractivity contribution is 6.33. The molecule has 0 aliphatic carbocycles. The van der Waals surface area contributed by atoms with Crippen molar-refractivity contribution in [3.8, 4) is 5.75 Å². The van der Waals surface area contributed by atoms with E-state index in [-0.39, 0.29) is 0 Å². The highest BCUT2D eigenvalue weighted by Crippen LogP contribution is 2.20. The van der Waals surface area contributed by atoms with Gasteiger partial charge in [-0.2, -0.15) is 0 Å². The molecule has 2 aromatic rings. The van der Waals surface area contributed by atoms with Crippen LogP contribution in [0.1, 0.15) is 5.56 Å². The molecule has 0 aliphatic rings. The maximum Gasteiger partial charge on any atom is 0.331 e. The fourth-order valence-electron chi connectivity index (χ4n) is 1.84. The molecule has 0 saturated heterocycles. The summed E-state index contributed by atoms with van der Waals surface area (Å²) < 4.78 is 9.98. The zero-order chi connectivity index (χ0) is 17.4. The molecule has 124 valence electrons. The van der Waals surface area contributed by atoms with Gasteiger partial charge in [0.25, 0.3) is 5.91 Å². The minimum Gasteiger partial charge on any atom is -0.497 e. The number of halogens is 1.